The monoisotopic (exact) mass is 188 g/mol. The molecule has 0 radical (unpaired) electrons. The van der Waals surface area contributed by atoms with Gasteiger partial charge in [-0.2, -0.15) is 0 Å². The molecule has 11 heavy (non-hydrogen) atoms. The van der Waals surface area contributed by atoms with Crippen molar-refractivity contribution in [3.63, 3.8) is 0 Å². The Morgan fingerprint density at radius 1 is 1.45 bits per heavy atom. The average molecular weight is 189 g/mol. The van der Waals surface area contributed by atoms with Gasteiger partial charge in [0.05, 0.1) is 7.11 Å². The summed E-state index contributed by atoms with van der Waals surface area (Å²) in [5, 5.41) is 1.07. The lowest BCUT2D eigenvalue weighted by Gasteiger charge is -2.05. The van der Waals surface area contributed by atoms with Crippen molar-refractivity contribution in [3.05, 3.63) is 23.8 Å². The van der Waals surface area contributed by atoms with Gasteiger partial charge in [-0.15, -0.1) is 0 Å². The van der Waals surface area contributed by atoms with Crippen LogP contribution in [0.25, 0.3) is 0 Å². The molecule has 1 aromatic rings. The summed E-state index contributed by atoms with van der Waals surface area (Å²) in [6.07, 6.45) is 0. The van der Waals surface area contributed by atoms with Crippen LogP contribution in [-0.2, 0) is 0 Å². The second-order valence-electron chi connectivity index (χ2n) is 2.30. The zero-order chi connectivity index (χ0) is 8.27. The fourth-order valence-corrected chi connectivity index (χ4v) is 1.76. The van der Waals surface area contributed by atoms with E-state index in [0.717, 1.165) is 11.1 Å². The van der Waals surface area contributed by atoms with Crippen molar-refractivity contribution < 1.29 is 4.74 Å². The maximum absolute atomic E-state index is 5.71. The number of rotatable bonds is 2. The summed E-state index contributed by atoms with van der Waals surface area (Å²) in [6.45, 7) is 2.03. The Bertz CT molecular complexity index is 250. The topological polar surface area (TPSA) is 9.23 Å². The van der Waals surface area contributed by atoms with Crippen LogP contribution in [0.5, 0.6) is 5.75 Å². The maximum Gasteiger partial charge on any atom is 0.127 e. The van der Waals surface area contributed by atoms with Gasteiger partial charge in [0.15, 0.2) is 0 Å². The molecule has 1 atom stereocenters. The quantitative estimate of drug-likeness (QED) is 0.648. The lowest BCUT2D eigenvalue weighted by atomic mass is 10.2. The Morgan fingerprint density at radius 3 is 2.73 bits per heavy atom. The van der Waals surface area contributed by atoms with Gasteiger partial charge in [0.2, 0.25) is 0 Å². The van der Waals surface area contributed by atoms with Crippen LogP contribution in [-0.4, -0.2) is 7.11 Å². The summed E-state index contributed by atoms with van der Waals surface area (Å²) in [6, 6.07) is 6.03. The van der Waals surface area contributed by atoms with Crippen LogP contribution >= 0.6 is 19.2 Å². The highest BCUT2D eigenvalue weighted by molar-refractivity contribution is 7.75. The van der Waals surface area contributed by atoms with E-state index in [-0.39, 0.29) is 7.93 Å². The van der Waals surface area contributed by atoms with Crippen molar-refractivity contribution in [3.8, 4) is 5.75 Å². The molecular formula is C8H10ClOP. The lowest BCUT2D eigenvalue weighted by molar-refractivity contribution is 0.418. The average Bonchev–Trinajstić information content (AvgIpc) is 2.04. The molecule has 0 fully saturated rings. The molecule has 0 aromatic heterocycles. The summed E-state index contributed by atoms with van der Waals surface area (Å²) in [7, 11) is 1.94. The van der Waals surface area contributed by atoms with E-state index in [1.807, 2.05) is 25.1 Å². The Kier molecular flexibility index (Phi) is 3.16. The second-order valence-corrected chi connectivity index (χ2v) is 3.59. The van der Waals surface area contributed by atoms with Gasteiger partial charge < -0.3 is 4.74 Å². The van der Waals surface area contributed by atoms with Crippen molar-refractivity contribution in [1.82, 2.24) is 0 Å². The Labute approximate surface area is 73.3 Å². The van der Waals surface area contributed by atoms with Crippen molar-refractivity contribution in [2.24, 2.45) is 0 Å². The third-order valence-corrected chi connectivity index (χ3v) is 2.69. The van der Waals surface area contributed by atoms with Crippen LogP contribution in [0.4, 0.5) is 0 Å². The molecule has 3 heteroatoms. The van der Waals surface area contributed by atoms with E-state index in [1.54, 1.807) is 7.11 Å². The lowest BCUT2D eigenvalue weighted by Crippen LogP contribution is -1.99. The number of aryl methyl sites for hydroxylation is 1. The highest BCUT2D eigenvalue weighted by Crippen LogP contribution is 2.23. The molecule has 1 rings (SSSR count). The van der Waals surface area contributed by atoms with E-state index < -0.39 is 0 Å². The molecule has 0 bridgehead atoms. The van der Waals surface area contributed by atoms with Crippen molar-refractivity contribution >= 4 is 24.5 Å². The van der Waals surface area contributed by atoms with Crippen LogP contribution in [0.2, 0.25) is 0 Å². The van der Waals surface area contributed by atoms with Gasteiger partial charge in [0.25, 0.3) is 0 Å². The van der Waals surface area contributed by atoms with Gasteiger partial charge >= 0.3 is 0 Å². The fourth-order valence-electron chi connectivity index (χ4n) is 0.877. The van der Waals surface area contributed by atoms with Crippen LogP contribution in [0, 0.1) is 6.92 Å². The molecule has 1 unspecified atom stereocenters. The van der Waals surface area contributed by atoms with Crippen LogP contribution in [0.15, 0.2) is 18.2 Å². The number of methoxy groups -OCH3 is 1. The normalized spacial score (nSPS) is 10.8. The van der Waals surface area contributed by atoms with Crippen LogP contribution in [0.1, 0.15) is 5.56 Å². The number of hydrogen-bond donors (Lipinski definition) is 0. The molecule has 0 aliphatic heterocycles. The van der Waals surface area contributed by atoms with Crippen LogP contribution in [0.3, 0.4) is 0 Å². The van der Waals surface area contributed by atoms with Gasteiger partial charge in [-0.1, -0.05) is 17.3 Å². The zero-order valence-corrected chi connectivity index (χ0v) is 8.27. The summed E-state index contributed by atoms with van der Waals surface area (Å²) in [5.41, 5.74) is 1.19. The summed E-state index contributed by atoms with van der Waals surface area (Å²) >= 11 is 5.71. The maximum atomic E-state index is 5.71. The Morgan fingerprint density at radius 2 is 2.18 bits per heavy atom. The first kappa shape index (κ1) is 8.83. The molecule has 0 N–H and O–H groups in total. The molecule has 0 amide bonds. The molecule has 0 aliphatic rings. The molecule has 0 heterocycles. The molecule has 60 valence electrons. The highest BCUT2D eigenvalue weighted by Gasteiger charge is 2.00. The third-order valence-electron chi connectivity index (χ3n) is 1.46. The zero-order valence-electron chi connectivity index (χ0n) is 6.52. The molecule has 0 aliphatic carbocycles. The number of ether oxygens (including phenoxy) is 1. The second kappa shape index (κ2) is 3.94. The van der Waals surface area contributed by atoms with Crippen molar-refractivity contribution in [2.75, 3.05) is 7.11 Å². The van der Waals surface area contributed by atoms with E-state index in [2.05, 4.69) is 0 Å². The predicted octanol–water partition coefficient (Wildman–Crippen LogP) is 2.46. The predicted molar refractivity (Wildman–Crippen MR) is 51.5 cm³/mol. The van der Waals surface area contributed by atoms with E-state index in [0.29, 0.717) is 0 Å². The third kappa shape index (κ3) is 2.08. The Balaban J connectivity index is 3.06. The first-order valence-electron chi connectivity index (χ1n) is 3.29. The minimum absolute atomic E-state index is 0.279. The van der Waals surface area contributed by atoms with Gasteiger partial charge in [-0.25, -0.2) is 0 Å². The first-order chi connectivity index (χ1) is 5.27. The van der Waals surface area contributed by atoms with Gasteiger partial charge in [0, 0.05) is 13.2 Å². The number of benzene rings is 1. The van der Waals surface area contributed by atoms with Crippen molar-refractivity contribution in [1.29, 1.82) is 0 Å². The summed E-state index contributed by atoms with van der Waals surface area (Å²) in [5.74, 6) is 0.887. The van der Waals surface area contributed by atoms with Gasteiger partial charge in [-0.05, 0) is 24.6 Å². The van der Waals surface area contributed by atoms with Gasteiger partial charge in [0.1, 0.15) is 5.75 Å². The van der Waals surface area contributed by atoms with E-state index in [9.17, 15) is 0 Å². The summed E-state index contributed by atoms with van der Waals surface area (Å²) in [4.78, 5) is 0. The Hall–Kier alpha value is -0.260. The molecule has 0 saturated carbocycles. The van der Waals surface area contributed by atoms with E-state index in [4.69, 9.17) is 16.0 Å². The molecule has 0 spiro atoms. The van der Waals surface area contributed by atoms with Gasteiger partial charge in [-0.3, -0.25) is 0 Å². The summed E-state index contributed by atoms with van der Waals surface area (Å²) < 4.78 is 5.14. The first-order valence-corrected chi connectivity index (χ1v) is 5.30. The molecule has 1 nitrogen and oxygen atoms in total. The molecule has 0 saturated heterocycles. The SMILES string of the molecule is COc1cc(C)ccc1PCl. The largest absolute Gasteiger partial charge is 0.496 e. The molecular weight excluding hydrogens is 179 g/mol. The van der Waals surface area contributed by atoms with E-state index in [1.165, 1.54) is 5.56 Å². The smallest absolute Gasteiger partial charge is 0.127 e. The van der Waals surface area contributed by atoms with Crippen molar-refractivity contribution in [2.45, 2.75) is 6.92 Å². The van der Waals surface area contributed by atoms with E-state index >= 15 is 0 Å². The minimum atomic E-state index is 0.279. The number of halogens is 1. The minimum Gasteiger partial charge on any atom is -0.496 e. The molecule has 1 aromatic carbocycles. The highest BCUT2D eigenvalue weighted by atomic mass is 35.7. The standard InChI is InChI=1S/C8H10ClOP/c1-6-3-4-8(11-9)7(5-6)10-2/h3-5,11H,1-2H3. The number of hydrogen-bond acceptors (Lipinski definition) is 1. The fraction of sp³-hybridized carbons (Fsp3) is 0.250. The van der Waals surface area contributed by atoms with Crippen LogP contribution < -0.4 is 10.0 Å².